The van der Waals surface area contributed by atoms with Crippen LogP contribution in [0, 0.1) is 27.7 Å². The van der Waals surface area contributed by atoms with Crippen LogP contribution in [0.1, 0.15) is 22.5 Å². The third-order valence-corrected chi connectivity index (χ3v) is 4.17. The maximum atomic E-state index is 5.90. The van der Waals surface area contributed by atoms with Gasteiger partial charge in [-0.05, 0) is 62.7 Å². The Hall–Kier alpha value is -1.55. The van der Waals surface area contributed by atoms with Crippen LogP contribution in [-0.2, 0) is 0 Å². The second kappa shape index (κ2) is 4.98. The highest BCUT2D eigenvalue weighted by molar-refractivity contribution is 7.99. The molecule has 0 aliphatic carbocycles. The largest absolute Gasteiger partial charge is 0.398 e. The highest BCUT2D eigenvalue weighted by Gasteiger charge is 2.08. The topological polar surface area (TPSA) is 51.8 Å². The fourth-order valence-corrected chi connectivity index (χ4v) is 2.61. The van der Waals surface area contributed by atoms with Crippen molar-refractivity contribution >= 4 is 17.4 Å². The molecule has 2 rings (SSSR count). The summed E-state index contributed by atoms with van der Waals surface area (Å²) in [6.45, 7) is 8.09. The molecular formula is C14H17N3S. The van der Waals surface area contributed by atoms with E-state index in [-0.39, 0.29) is 0 Å². The van der Waals surface area contributed by atoms with Crippen LogP contribution >= 0.6 is 11.8 Å². The second-order valence-electron chi connectivity index (χ2n) is 4.37. The van der Waals surface area contributed by atoms with Gasteiger partial charge in [-0.3, -0.25) is 0 Å². The molecule has 0 radical (unpaired) electrons. The first-order valence-corrected chi connectivity index (χ1v) is 6.65. The third-order valence-electron chi connectivity index (χ3n) is 3.14. The Morgan fingerprint density at radius 3 is 2.17 bits per heavy atom. The molecule has 18 heavy (non-hydrogen) atoms. The summed E-state index contributed by atoms with van der Waals surface area (Å²) in [7, 11) is 0. The molecule has 0 atom stereocenters. The van der Waals surface area contributed by atoms with Crippen LogP contribution in [0.4, 0.5) is 5.69 Å². The predicted molar refractivity (Wildman–Crippen MR) is 76.0 cm³/mol. The molecule has 2 aromatic rings. The van der Waals surface area contributed by atoms with Gasteiger partial charge in [0.1, 0.15) is 0 Å². The fourth-order valence-electron chi connectivity index (χ4n) is 1.63. The van der Waals surface area contributed by atoms with Crippen LogP contribution in [0.25, 0.3) is 0 Å². The van der Waals surface area contributed by atoms with Crippen molar-refractivity contribution in [3.05, 3.63) is 40.7 Å². The zero-order chi connectivity index (χ0) is 13.3. The van der Waals surface area contributed by atoms with Crippen LogP contribution in [0.3, 0.4) is 0 Å². The summed E-state index contributed by atoms with van der Waals surface area (Å²) in [4.78, 5) is 10.1. The molecule has 0 fully saturated rings. The molecule has 0 saturated carbocycles. The smallest absolute Gasteiger partial charge is 0.192 e. The van der Waals surface area contributed by atoms with Gasteiger partial charge in [0.2, 0.25) is 0 Å². The molecule has 0 bridgehead atoms. The molecule has 2 N–H and O–H groups in total. The zero-order valence-electron chi connectivity index (χ0n) is 11.1. The SMILES string of the molecule is Cc1nc(Sc2cccc(N)c2C)nc(C)c1C. The monoisotopic (exact) mass is 259 g/mol. The van der Waals surface area contributed by atoms with Gasteiger partial charge in [-0.25, -0.2) is 9.97 Å². The molecule has 0 saturated heterocycles. The third kappa shape index (κ3) is 2.48. The molecular weight excluding hydrogens is 242 g/mol. The van der Waals surface area contributed by atoms with Crippen molar-refractivity contribution in [2.45, 2.75) is 37.7 Å². The minimum atomic E-state index is 0.782. The van der Waals surface area contributed by atoms with Crippen molar-refractivity contribution in [1.29, 1.82) is 0 Å². The Balaban J connectivity index is 2.37. The molecule has 0 spiro atoms. The first-order chi connectivity index (χ1) is 8.49. The molecule has 1 aromatic heterocycles. The second-order valence-corrected chi connectivity index (χ2v) is 5.38. The van der Waals surface area contributed by atoms with Crippen molar-refractivity contribution in [3.63, 3.8) is 0 Å². The van der Waals surface area contributed by atoms with Gasteiger partial charge in [0.15, 0.2) is 5.16 Å². The van der Waals surface area contributed by atoms with Crippen LogP contribution in [-0.4, -0.2) is 9.97 Å². The quantitative estimate of drug-likeness (QED) is 0.663. The minimum Gasteiger partial charge on any atom is -0.398 e. The van der Waals surface area contributed by atoms with E-state index in [4.69, 9.17) is 5.73 Å². The summed E-state index contributed by atoms with van der Waals surface area (Å²) in [6.07, 6.45) is 0. The summed E-state index contributed by atoms with van der Waals surface area (Å²) < 4.78 is 0. The standard InChI is InChI=1S/C14H17N3S/c1-8-10(3)16-14(17-11(8)4)18-13-7-5-6-12(15)9(13)2/h5-7H,15H2,1-4H3. The number of aryl methyl sites for hydroxylation is 2. The van der Waals surface area contributed by atoms with Gasteiger partial charge in [0, 0.05) is 22.0 Å². The normalized spacial score (nSPS) is 10.7. The minimum absolute atomic E-state index is 0.782. The van der Waals surface area contributed by atoms with Gasteiger partial charge >= 0.3 is 0 Å². The summed E-state index contributed by atoms with van der Waals surface area (Å²) >= 11 is 1.56. The van der Waals surface area contributed by atoms with E-state index >= 15 is 0 Å². The molecule has 1 heterocycles. The summed E-state index contributed by atoms with van der Waals surface area (Å²) in [5.74, 6) is 0. The van der Waals surface area contributed by atoms with E-state index < -0.39 is 0 Å². The molecule has 94 valence electrons. The Kier molecular flexibility index (Phi) is 3.57. The number of nitrogens with zero attached hydrogens (tertiary/aromatic N) is 2. The lowest BCUT2D eigenvalue weighted by Gasteiger charge is -2.09. The van der Waals surface area contributed by atoms with Gasteiger partial charge in [0.25, 0.3) is 0 Å². The number of nitrogens with two attached hydrogens (primary N) is 1. The van der Waals surface area contributed by atoms with E-state index in [2.05, 4.69) is 9.97 Å². The van der Waals surface area contributed by atoms with E-state index in [1.54, 1.807) is 11.8 Å². The highest BCUT2D eigenvalue weighted by atomic mass is 32.2. The van der Waals surface area contributed by atoms with Crippen LogP contribution < -0.4 is 5.73 Å². The van der Waals surface area contributed by atoms with Crippen LogP contribution in [0.15, 0.2) is 28.3 Å². The molecule has 0 aliphatic heterocycles. The number of hydrogen-bond acceptors (Lipinski definition) is 4. The van der Waals surface area contributed by atoms with E-state index in [1.165, 1.54) is 0 Å². The number of benzene rings is 1. The average molecular weight is 259 g/mol. The van der Waals surface area contributed by atoms with Gasteiger partial charge in [-0.2, -0.15) is 0 Å². The predicted octanol–water partition coefficient (Wildman–Crippen LogP) is 3.44. The Morgan fingerprint density at radius 1 is 0.944 bits per heavy atom. The Bertz CT molecular complexity index is 571. The van der Waals surface area contributed by atoms with Crippen molar-refractivity contribution in [2.75, 3.05) is 5.73 Å². The van der Waals surface area contributed by atoms with Crippen LogP contribution in [0.2, 0.25) is 0 Å². The Labute approximate surface area is 112 Å². The Morgan fingerprint density at radius 2 is 1.56 bits per heavy atom. The molecule has 4 heteroatoms. The lowest BCUT2D eigenvalue weighted by atomic mass is 10.2. The maximum Gasteiger partial charge on any atom is 0.192 e. The van der Waals surface area contributed by atoms with Crippen molar-refractivity contribution in [2.24, 2.45) is 0 Å². The van der Waals surface area contributed by atoms with E-state index in [0.717, 1.165) is 38.3 Å². The van der Waals surface area contributed by atoms with Crippen molar-refractivity contribution in [1.82, 2.24) is 9.97 Å². The van der Waals surface area contributed by atoms with E-state index in [1.807, 2.05) is 45.9 Å². The lowest BCUT2D eigenvalue weighted by Crippen LogP contribution is -1.98. The van der Waals surface area contributed by atoms with Crippen LogP contribution in [0.5, 0.6) is 0 Å². The van der Waals surface area contributed by atoms with Gasteiger partial charge in [-0.1, -0.05) is 6.07 Å². The summed E-state index contributed by atoms with van der Waals surface area (Å²) in [6, 6.07) is 5.91. The maximum absolute atomic E-state index is 5.90. The highest BCUT2D eigenvalue weighted by Crippen LogP contribution is 2.30. The first kappa shape index (κ1) is 12.9. The fraction of sp³-hybridized carbons (Fsp3) is 0.286. The molecule has 0 amide bonds. The lowest BCUT2D eigenvalue weighted by molar-refractivity contribution is 0.880. The van der Waals surface area contributed by atoms with E-state index in [0.29, 0.717) is 0 Å². The number of anilines is 1. The molecule has 0 unspecified atom stereocenters. The summed E-state index contributed by atoms with van der Waals surface area (Å²) in [5.41, 5.74) is 11.0. The van der Waals surface area contributed by atoms with Gasteiger partial charge in [0.05, 0.1) is 0 Å². The number of rotatable bonds is 2. The first-order valence-electron chi connectivity index (χ1n) is 5.84. The molecule has 3 nitrogen and oxygen atoms in total. The zero-order valence-corrected chi connectivity index (χ0v) is 11.9. The number of hydrogen-bond donors (Lipinski definition) is 1. The number of aromatic nitrogens is 2. The van der Waals surface area contributed by atoms with Crippen molar-refractivity contribution in [3.8, 4) is 0 Å². The van der Waals surface area contributed by atoms with Crippen molar-refractivity contribution < 1.29 is 0 Å². The van der Waals surface area contributed by atoms with Gasteiger partial charge < -0.3 is 5.73 Å². The number of nitrogen functional groups attached to an aromatic ring is 1. The average Bonchev–Trinajstić information content (AvgIpc) is 2.32. The van der Waals surface area contributed by atoms with E-state index in [9.17, 15) is 0 Å². The molecule has 0 aliphatic rings. The molecule has 1 aromatic carbocycles. The van der Waals surface area contributed by atoms with Gasteiger partial charge in [-0.15, -0.1) is 0 Å². The summed E-state index contributed by atoms with van der Waals surface area (Å²) in [5, 5.41) is 0.782.